The molecule has 0 spiro atoms. The lowest BCUT2D eigenvalue weighted by molar-refractivity contribution is 0.233. The van der Waals surface area contributed by atoms with Crippen LogP contribution in [-0.2, 0) is 10.0 Å². The molecular weight excluding hydrogens is 348 g/mol. The highest BCUT2D eigenvalue weighted by atomic mass is 32.2. The zero-order chi connectivity index (χ0) is 17.2. The van der Waals surface area contributed by atoms with Crippen LogP contribution in [0.2, 0.25) is 0 Å². The predicted octanol–water partition coefficient (Wildman–Crippen LogP) is 1.51. The van der Waals surface area contributed by atoms with Gasteiger partial charge in [0.1, 0.15) is 0 Å². The van der Waals surface area contributed by atoms with Crippen LogP contribution in [0, 0.1) is 6.92 Å². The van der Waals surface area contributed by atoms with Gasteiger partial charge in [0.15, 0.2) is 5.17 Å². The fourth-order valence-electron chi connectivity index (χ4n) is 2.71. The number of nitrogens with zero attached hydrogens (tertiary/aromatic N) is 2. The van der Waals surface area contributed by atoms with Gasteiger partial charge in [0.05, 0.1) is 17.6 Å². The number of sulfonamides is 1. The number of aliphatic imine (C=N–C) groups is 1. The molecule has 2 N–H and O–H groups in total. The zero-order valence-corrected chi connectivity index (χ0v) is 15.0. The van der Waals surface area contributed by atoms with Crippen LogP contribution >= 0.6 is 11.8 Å². The molecule has 0 radical (unpaired) electrons. The number of aryl methyl sites for hydroxylation is 1. The molecule has 0 aliphatic carbocycles. The first-order valence-corrected chi connectivity index (χ1v) is 10.2. The van der Waals surface area contributed by atoms with Gasteiger partial charge in [-0.25, -0.2) is 13.2 Å². The Morgan fingerprint density at radius 3 is 2.75 bits per heavy atom. The third kappa shape index (κ3) is 3.73. The van der Waals surface area contributed by atoms with Gasteiger partial charge in [0, 0.05) is 12.3 Å². The quantitative estimate of drug-likeness (QED) is 0.846. The first kappa shape index (κ1) is 17.2. The van der Waals surface area contributed by atoms with Gasteiger partial charge in [-0.15, -0.1) is 0 Å². The molecule has 2 heterocycles. The van der Waals surface area contributed by atoms with Crippen molar-refractivity contribution in [1.29, 1.82) is 0 Å². The van der Waals surface area contributed by atoms with Crippen LogP contribution in [0.1, 0.15) is 18.4 Å². The van der Waals surface area contributed by atoms with Crippen molar-refractivity contribution in [1.82, 2.24) is 14.9 Å². The minimum absolute atomic E-state index is 0.248. The van der Waals surface area contributed by atoms with Crippen molar-refractivity contribution in [2.24, 2.45) is 4.99 Å². The van der Waals surface area contributed by atoms with Gasteiger partial charge in [-0.3, -0.25) is 10.3 Å². The molecule has 2 aliphatic heterocycles. The standard InChI is InChI=1S/C15H20N4O3S2/c1-11-4-6-12(7-5-11)24(21,22)19-9-2-3-13(19)17-14(20)18-15-16-8-10-23-15/h4-7,13H,2-3,8-10H2,1H3,(H2,16,17,18,20). The van der Waals surface area contributed by atoms with E-state index >= 15 is 0 Å². The van der Waals surface area contributed by atoms with E-state index < -0.39 is 22.2 Å². The minimum atomic E-state index is -3.62. The number of benzene rings is 1. The van der Waals surface area contributed by atoms with Crippen LogP contribution in [0.4, 0.5) is 4.79 Å². The second-order valence-corrected chi connectivity index (χ2v) is 8.69. The maximum Gasteiger partial charge on any atom is 0.322 e. The molecule has 1 fully saturated rings. The normalized spacial score (nSPS) is 21.5. The van der Waals surface area contributed by atoms with E-state index in [4.69, 9.17) is 0 Å². The molecule has 2 amide bonds. The average Bonchev–Trinajstić information content (AvgIpc) is 3.19. The molecule has 1 saturated heterocycles. The highest BCUT2D eigenvalue weighted by molar-refractivity contribution is 8.14. The number of carbonyl (C=O) groups is 1. The summed E-state index contributed by atoms with van der Waals surface area (Å²) < 4.78 is 27.0. The zero-order valence-electron chi connectivity index (χ0n) is 13.4. The van der Waals surface area contributed by atoms with Crippen LogP contribution in [0.15, 0.2) is 34.2 Å². The van der Waals surface area contributed by atoms with E-state index in [1.807, 2.05) is 6.92 Å². The van der Waals surface area contributed by atoms with Crippen molar-refractivity contribution in [3.05, 3.63) is 29.8 Å². The molecule has 1 aromatic rings. The van der Waals surface area contributed by atoms with Gasteiger partial charge in [0.2, 0.25) is 10.0 Å². The van der Waals surface area contributed by atoms with Gasteiger partial charge in [0.25, 0.3) is 0 Å². The number of hydrogen-bond acceptors (Lipinski definition) is 5. The second-order valence-electron chi connectivity index (χ2n) is 5.72. The number of amidine groups is 1. The molecule has 2 aliphatic rings. The number of hydrogen-bond donors (Lipinski definition) is 2. The maximum absolute atomic E-state index is 12.8. The van der Waals surface area contributed by atoms with Crippen molar-refractivity contribution in [2.45, 2.75) is 30.8 Å². The topological polar surface area (TPSA) is 90.9 Å². The Morgan fingerprint density at radius 2 is 2.08 bits per heavy atom. The maximum atomic E-state index is 12.8. The van der Waals surface area contributed by atoms with Crippen LogP contribution < -0.4 is 10.6 Å². The first-order chi connectivity index (χ1) is 11.5. The summed E-state index contributed by atoms with van der Waals surface area (Å²) in [6.45, 7) is 3.00. The van der Waals surface area contributed by atoms with E-state index in [1.165, 1.54) is 16.1 Å². The summed E-state index contributed by atoms with van der Waals surface area (Å²) >= 11 is 1.48. The van der Waals surface area contributed by atoms with E-state index in [-0.39, 0.29) is 4.90 Å². The molecule has 3 rings (SSSR count). The van der Waals surface area contributed by atoms with Crippen molar-refractivity contribution >= 4 is 33.0 Å². The number of rotatable bonds is 3. The Balaban J connectivity index is 1.70. The van der Waals surface area contributed by atoms with Crippen LogP contribution in [0.25, 0.3) is 0 Å². The molecule has 130 valence electrons. The molecule has 7 nitrogen and oxygen atoms in total. The highest BCUT2D eigenvalue weighted by Gasteiger charge is 2.36. The third-order valence-corrected chi connectivity index (χ3v) is 6.75. The first-order valence-electron chi connectivity index (χ1n) is 7.80. The molecule has 0 aromatic heterocycles. The van der Waals surface area contributed by atoms with Gasteiger partial charge in [-0.1, -0.05) is 29.5 Å². The van der Waals surface area contributed by atoms with Crippen molar-refractivity contribution in [2.75, 3.05) is 18.8 Å². The SMILES string of the molecule is Cc1ccc(S(=O)(=O)N2CCCC2NC(=O)NC2=NCCS2)cc1. The molecule has 1 aromatic carbocycles. The second kappa shape index (κ2) is 7.12. The number of urea groups is 1. The number of nitrogens with one attached hydrogen (secondary N) is 2. The summed E-state index contributed by atoms with van der Waals surface area (Å²) in [7, 11) is -3.62. The third-order valence-electron chi connectivity index (χ3n) is 3.93. The molecule has 0 saturated carbocycles. The Hall–Kier alpha value is -1.58. The molecule has 1 unspecified atom stereocenters. The average molecular weight is 368 g/mol. The number of carbonyl (C=O) groups excluding carboxylic acids is 1. The minimum Gasteiger partial charge on any atom is -0.321 e. The highest BCUT2D eigenvalue weighted by Crippen LogP contribution is 2.25. The summed E-state index contributed by atoms with van der Waals surface area (Å²) in [5.74, 6) is 0.854. The summed E-state index contributed by atoms with van der Waals surface area (Å²) in [4.78, 5) is 16.5. The summed E-state index contributed by atoms with van der Waals surface area (Å²) in [6.07, 6.45) is 0.771. The van der Waals surface area contributed by atoms with Gasteiger partial charge in [-0.2, -0.15) is 4.31 Å². The van der Waals surface area contributed by atoms with E-state index in [1.54, 1.807) is 24.3 Å². The van der Waals surface area contributed by atoms with Gasteiger partial charge in [-0.05, 0) is 31.9 Å². The summed E-state index contributed by atoms with van der Waals surface area (Å²) in [6, 6.07) is 6.33. The van der Waals surface area contributed by atoms with Crippen molar-refractivity contribution in [3.8, 4) is 0 Å². The lowest BCUT2D eigenvalue weighted by atomic mass is 10.2. The van der Waals surface area contributed by atoms with Crippen molar-refractivity contribution in [3.63, 3.8) is 0 Å². The van der Waals surface area contributed by atoms with E-state index in [9.17, 15) is 13.2 Å². The molecule has 1 atom stereocenters. The lowest BCUT2D eigenvalue weighted by Gasteiger charge is -2.25. The van der Waals surface area contributed by atoms with E-state index in [2.05, 4.69) is 15.6 Å². The number of thioether (sulfide) groups is 1. The van der Waals surface area contributed by atoms with Gasteiger partial charge < -0.3 is 5.32 Å². The molecule has 0 bridgehead atoms. The Bertz CT molecular complexity index is 746. The van der Waals surface area contributed by atoms with Crippen LogP contribution in [-0.4, -0.2) is 48.9 Å². The Morgan fingerprint density at radius 1 is 1.33 bits per heavy atom. The fraction of sp³-hybridized carbons (Fsp3) is 0.467. The van der Waals surface area contributed by atoms with Crippen molar-refractivity contribution < 1.29 is 13.2 Å². The van der Waals surface area contributed by atoms with E-state index in [0.29, 0.717) is 31.1 Å². The smallest absolute Gasteiger partial charge is 0.321 e. The van der Waals surface area contributed by atoms with Crippen LogP contribution in [0.5, 0.6) is 0 Å². The summed E-state index contributed by atoms with van der Waals surface area (Å²) in [5, 5.41) is 5.99. The summed E-state index contributed by atoms with van der Waals surface area (Å²) in [5.41, 5.74) is 0.999. The Kier molecular flexibility index (Phi) is 5.12. The monoisotopic (exact) mass is 368 g/mol. The Labute approximate surface area is 146 Å². The fourth-order valence-corrected chi connectivity index (χ4v) is 5.05. The largest absolute Gasteiger partial charge is 0.322 e. The van der Waals surface area contributed by atoms with E-state index in [0.717, 1.165) is 11.3 Å². The molecule has 24 heavy (non-hydrogen) atoms. The number of amides is 2. The lowest BCUT2D eigenvalue weighted by Crippen LogP contribution is -2.50. The van der Waals surface area contributed by atoms with Gasteiger partial charge >= 0.3 is 6.03 Å². The molecule has 9 heteroatoms. The molecular formula is C15H20N4O3S2. The predicted molar refractivity (Wildman–Crippen MR) is 94.5 cm³/mol. The van der Waals surface area contributed by atoms with Crippen LogP contribution in [0.3, 0.4) is 0 Å².